The molecule has 6 nitrogen and oxygen atoms in total. The molecule has 1 amide bonds. The van der Waals surface area contributed by atoms with Gasteiger partial charge in [-0.1, -0.05) is 25.1 Å². The van der Waals surface area contributed by atoms with Crippen LogP contribution in [0.3, 0.4) is 0 Å². The van der Waals surface area contributed by atoms with Crippen molar-refractivity contribution in [2.45, 2.75) is 19.4 Å². The summed E-state index contributed by atoms with van der Waals surface area (Å²) in [6, 6.07) is 11.8. The van der Waals surface area contributed by atoms with Crippen LogP contribution in [0.25, 0.3) is 5.69 Å². The van der Waals surface area contributed by atoms with Crippen molar-refractivity contribution in [3.63, 3.8) is 0 Å². The van der Waals surface area contributed by atoms with Crippen molar-refractivity contribution in [3.05, 3.63) is 58.5 Å². The zero-order valence-corrected chi connectivity index (χ0v) is 12.9. The van der Waals surface area contributed by atoms with E-state index < -0.39 is 6.10 Å². The van der Waals surface area contributed by atoms with Gasteiger partial charge in [-0.05, 0) is 30.5 Å². The number of rotatable bonds is 2. The van der Waals surface area contributed by atoms with Crippen molar-refractivity contribution >= 4 is 5.91 Å². The Hall–Kier alpha value is -2.47. The molecule has 1 N–H and O–H groups in total. The Morgan fingerprint density at radius 2 is 1.96 bits per heavy atom. The van der Waals surface area contributed by atoms with Crippen molar-refractivity contribution < 1.29 is 9.90 Å². The molecule has 120 valence electrons. The SMILES string of the molecule is CC1CCN(C(=O)c2ccc(=O)n(-c3ccccc3)n2)CC1O. The molecule has 6 heteroatoms. The molecule has 0 aliphatic carbocycles. The van der Waals surface area contributed by atoms with Crippen molar-refractivity contribution in [1.29, 1.82) is 0 Å². The summed E-state index contributed by atoms with van der Waals surface area (Å²) >= 11 is 0. The molecule has 0 bridgehead atoms. The number of nitrogens with zero attached hydrogens (tertiary/aromatic N) is 3. The fourth-order valence-corrected chi connectivity index (χ4v) is 2.67. The second-order valence-corrected chi connectivity index (χ2v) is 5.89. The van der Waals surface area contributed by atoms with Gasteiger partial charge in [-0.3, -0.25) is 9.59 Å². The third-order valence-electron chi connectivity index (χ3n) is 4.23. The van der Waals surface area contributed by atoms with Crippen LogP contribution in [0.2, 0.25) is 0 Å². The van der Waals surface area contributed by atoms with Gasteiger partial charge in [-0.15, -0.1) is 0 Å². The van der Waals surface area contributed by atoms with E-state index in [0.717, 1.165) is 6.42 Å². The highest BCUT2D eigenvalue weighted by atomic mass is 16.3. The van der Waals surface area contributed by atoms with Crippen LogP contribution in [0.1, 0.15) is 23.8 Å². The first-order valence-corrected chi connectivity index (χ1v) is 7.69. The van der Waals surface area contributed by atoms with Crippen LogP contribution in [0, 0.1) is 5.92 Å². The molecule has 0 spiro atoms. The number of benzene rings is 1. The Bertz CT molecular complexity index is 757. The summed E-state index contributed by atoms with van der Waals surface area (Å²) in [7, 11) is 0. The van der Waals surface area contributed by atoms with Gasteiger partial charge in [0.05, 0.1) is 11.8 Å². The number of aromatic nitrogens is 2. The molecule has 1 aromatic carbocycles. The molecular formula is C17H19N3O3. The lowest BCUT2D eigenvalue weighted by atomic mass is 9.96. The number of aliphatic hydroxyl groups is 1. The Morgan fingerprint density at radius 3 is 2.65 bits per heavy atom. The van der Waals surface area contributed by atoms with E-state index in [4.69, 9.17) is 0 Å². The Kier molecular flexibility index (Phi) is 4.25. The van der Waals surface area contributed by atoms with Gasteiger partial charge < -0.3 is 10.0 Å². The maximum absolute atomic E-state index is 12.6. The van der Waals surface area contributed by atoms with Crippen LogP contribution in [0.4, 0.5) is 0 Å². The average molecular weight is 313 g/mol. The number of likely N-dealkylation sites (tertiary alicyclic amines) is 1. The van der Waals surface area contributed by atoms with Crippen LogP contribution in [-0.2, 0) is 0 Å². The van der Waals surface area contributed by atoms with Gasteiger partial charge in [0.15, 0.2) is 0 Å². The zero-order chi connectivity index (χ0) is 16.4. The average Bonchev–Trinajstić information content (AvgIpc) is 2.58. The number of carbonyl (C=O) groups excluding carboxylic acids is 1. The Labute approximate surface area is 134 Å². The van der Waals surface area contributed by atoms with Gasteiger partial charge in [-0.2, -0.15) is 9.78 Å². The minimum atomic E-state index is -0.521. The number of amides is 1. The first-order chi connectivity index (χ1) is 11.1. The van der Waals surface area contributed by atoms with Gasteiger partial charge in [-0.25, -0.2) is 0 Å². The van der Waals surface area contributed by atoms with E-state index in [1.165, 1.54) is 16.8 Å². The summed E-state index contributed by atoms with van der Waals surface area (Å²) in [4.78, 5) is 26.2. The number of β-amino-alcohol motifs (C(OH)–C–C–N with tert-alkyl or cyclic N) is 1. The lowest BCUT2D eigenvalue weighted by Crippen LogP contribution is -2.46. The number of hydrogen-bond acceptors (Lipinski definition) is 4. The van der Waals surface area contributed by atoms with Crippen molar-refractivity contribution in [3.8, 4) is 5.69 Å². The number of aliphatic hydroxyl groups excluding tert-OH is 1. The smallest absolute Gasteiger partial charge is 0.274 e. The molecule has 1 aromatic heterocycles. The third-order valence-corrected chi connectivity index (χ3v) is 4.23. The van der Waals surface area contributed by atoms with Crippen LogP contribution in [0.5, 0.6) is 0 Å². The first-order valence-electron chi connectivity index (χ1n) is 7.69. The van der Waals surface area contributed by atoms with E-state index in [1.807, 2.05) is 13.0 Å². The molecule has 0 saturated carbocycles. The van der Waals surface area contributed by atoms with E-state index in [2.05, 4.69) is 5.10 Å². The van der Waals surface area contributed by atoms with Crippen molar-refractivity contribution in [2.24, 2.45) is 5.92 Å². The molecule has 3 rings (SSSR count). The summed E-state index contributed by atoms with van der Waals surface area (Å²) in [6.45, 7) is 2.86. The minimum Gasteiger partial charge on any atom is -0.391 e. The fourth-order valence-electron chi connectivity index (χ4n) is 2.67. The molecule has 2 aromatic rings. The van der Waals surface area contributed by atoms with Gasteiger partial charge in [0, 0.05) is 19.2 Å². The van der Waals surface area contributed by atoms with Crippen molar-refractivity contribution in [1.82, 2.24) is 14.7 Å². The number of carbonyl (C=O) groups is 1. The number of para-hydroxylation sites is 1. The van der Waals surface area contributed by atoms with Crippen LogP contribution in [0.15, 0.2) is 47.3 Å². The minimum absolute atomic E-state index is 0.185. The van der Waals surface area contributed by atoms with E-state index in [-0.39, 0.29) is 23.1 Å². The summed E-state index contributed by atoms with van der Waals surface area (Å²) in [5.41, 5.74) is 0.523. The molecule has 23 heavy (non-hydrogen) atoms. The molecule has 1 aliphatic heterocycles. The molecular weight excluding hydrogens is 294 g/mol. The second kappa shape index (κ2) is 6.34. The summed E-state index contributed by atoms with van der Waals surface area (Å²) in [6.07, 6.45) is 0.235. The molecule has 1 fully saturated rings. The second-order valence-electron chi connectivity index (χ2n) is 5.89. The molecule has 1 aliphatic rings. The van der Waals surface area contributed by atoms with E-state index >= 15 is 0 Å². The van der Waals surface area contributed by atoms with Gasteiger partial charge in [0.1, 0.15) is 5.69 Å². The molecule has 2 atom stereocenters. The van der Waals surface area contributed by atoms with E-state index in [1.54, 1.807) is 29.2 Å². The molecule has 2 unspecified atom stereocenters. The molecule has 2 heterocycles. The zero-order valence-electron chi connectivity index (χ0n) is 12.9. The van der Waals surface area contributed by atoms with Crippen LogP contribution in [-0.4, -0.2) is 44.9 Å². The maximum atomic E-state index is 12.6. The largest absolute Gasteiger partial charge is 0.391 e. The van der Waals surface area contributed by atoms with E-state index in [0.29, 0.717) is 18.8 Å². The standard InChI is InChI=1S/C17H19N3O3/c1-12-9-10-19(11-15(12)21)17(23)14-7-8-16(22)20(18-14)13-5-3-2-4-6-13/h2-8,12,15,21H,9-11H2,1H3. The van der Waals surface area contributed by atoms with Crippen LogP contribution < -0.4 is 5.56 Å². The monoisotopic (exact) mass is 313 g/mol. The predicted molar refractivity (Wildman–Crippen MR) is 85.5 cm³/mol. The normalized spacial score (nSPS) is 21.2. The summed E-state index contributed by atoms with van der Waals surface area (Å²) in [5, 5.41) is 14.1. The Balaban J connectivity index is 1.89. The lowest BCUT2D eigenvalue weighted by molar-refractivity contribution is 0.0244. The highest BCUT2D eigenvalue weighted by Crippen LogP contribution is 2.18. The first kappa shape index (κ1) is 15.4. The van der Waals surface area contributed by atoms with Crippen LogP contribution >= 0.6 is 0 Å². The molecule has 1 saturated heterocycles. The van der Waals surface area contributed by atoms with Gasteiger partial charge in [0.2, 0.25) is 0 Å². The quantitative estimate of drug-likeness (QED) is 0.900. The topological polar surface area (TPSA) is 75.4 Å². The number of piperidine rings is 1. The predicted octanol–water partition coefficient (Wildman–Crippen LogP) is 1.08. The number of hydrogen-bond donors (Lipinski definition) is 1. The third kappa shape index (κ3) is 3.17. The highest BCUT2D eigenvalue weighted by molar-refractivity contribution is 5.92. The lowest BCUT2D eigenvalue weighted by Gasteiger charge is -2.34. The maximum Gasteiger partial charge on any atom is 0.274 e. The summed E-state index contributed by atoms with van der Waals surface area (Å²) in [5.74, 6) is -0.0779. The highest BCUT2D eigenvalue weighted by Gasteiger charge is 2.28. The van der Waals surface area contributed by atoms with Gasteiger partial charge in [0.25, 0.3) is 11.5 Å². The fraction of sp³-hybridized carbons (Fsp3) is 0.353. The van der Waals surface area contributed by atoms with Crippen molar-refractivity contribution in [2.75, 3.05) is 13.1 Å². The van der Waals surface area contributed by atoms with E-state index in [9.17, 15) is 14.7 Å². The Morgan fingerprint density at radius 1 is 1.22 bits per heavy atom. The summed E-state index contributed by atoms with van der Waals surface area (Å²) < 4.78 is 1.22. The van der Waals surface area contributed by atoms with Gasteiger partial charge >= 0.3 is 0 Å². The molecule has 0 radical (unpaired) electrons.